The largest absolute Gasteiger partial charge is 0.394 e. The Hall–Kier alpha value is -0.760. The molecule has 4 aliphatic rings. The topological polar surface area (TPSA) is 211 Å². The van der Waals surface area contributed by atoms with Gasteiger partial charge in [-0.25, -0.2) is 0 Å². The van der Waals surface area contributed by atoms with Crippen LogP contribution in [0.5, 0.6) is 0 Å². The average molecular weight is 557 g/mol. The molecule has 36 heavy (non-hydrogen) atoms. The number of aliphatic hydroxyl groups is 8. The van der Waals surface area contributed by atoms with Crippen molar-refractivity contribution in [2.24, 2.45) is 9.98 Å². The summed E-state index contributed by atoms with van der Waals surface area (Å²) < 4.78 is 11.1. The van der Waals surface area contributed by atoms with Crippen molar-refractivity contribution in [3.05, 3.63) is 0 Å². The number of nitrogens with zero attached hydrogens (tertiary/aromatic N) is 4. The number of amidine groups is 2. The molecule has 4 heterocycles. The van der Waals surface area contributed by atoms with Gasteiger partial charge in [0.15, 0.2) is 10.3 Å². The Morgan fingerprint density at radius 2 is 1.03 bits per heavy atom. The Morgan fingerprint density at radius 1 is 0.694 bits per heavy atom. The standard InChI is InChI=1S/2C10H18N2O5S/c2*1-12(2)10-11-5-6(15)7(16)8(4(14)3-13)17-9(5)18-10/h2*4-9,13-16H,3H2,1-2H3/t4-,5+,6+,7-,8+,9+;4-,5-,6-,7+,8-,9-/m01/s1. The van der Waals surface area contributed by atoms with Crippen molar-refractivity contribution in [3.8, 4) is 0 Å². The average Bonchev–Trinajstić information content (AvgIpc) is 3.48. The van der Waals surface area contributed by atoms with Gasteiger partial charge in [0.2, 0.25) is 0 Å². The van der Waals surface area contributed by atoms with Crippen LogP contribution in [0.25, 0.3) is 0 Å². The molecule has 208 valence electrons. The van der Waals surface area contributed by atoms with Gasteiger partial charge in [0.25, 0.3) is 0 Å². The van der Waals surface area contributed by atoms with Gasteiger partial charge in [0.05, 0.1) is 13.2 Å². The lowest BCUT2D eigenvalue weighted by Gasteiger charge is -2.39. The Kier molecular flexibility index (Phi) is 10.3. The maximum Gasteiger partial charge on any atom is 0.161 e. The molecule has 0 aromatic carbocycles. The fourth-order valence-electron chi connectivity index (χ4n) is 4.03. The van der Waals surface area contributed by atoms with Crippen LogP contribution in [0, 0.1) is 0 Å². The molecule has 2 fully saturated rings. The van der Waals surface area contributed by atoms with Gasteiger partial charge in [-0.1, -0.05) is 23.5 Å². The molecule has 2 saturated heterocycles. The van der Waals surface area contributed by atoms with E-state index in [9.17, 15) is 30.6 Å². The van der Waals surface area contributed by atoms with Crippen LogP contribution in [0.4, 0.5) is 0 Å². The lowest BCUT2D eigenvalue weighted by atomic mass is 9.95. The SMILES string of the molecule is CN(C)C1=N[C@@H]2[C@@H](O)[C@H](O)[C@@H]([C@@H](O)CO)O[C@@H]2S1.CN(C)C1=N[C@@H]2[C@@H](O)[C@H](O)[C@@H]([C@H](O)CO)O[C@@H]2S1. The lowest BCUT2D eigenvalue weighted by Crippen LogP contribution is -2.58. The molecular formula is C20H36N4O10S2. The summed E-state index contributed by atoms with van der Waals surface area (Å²) in [5.74, 6) is 0. The van der Waals surface area contributed by atoms with E-state index in [1.54, 1.807) is 9.80 Å². The quantitative estimate of drug-likeness (QED) is 0.164. The van der Waals surface area contributed by atoms with E-state index in [1.807, 2.05) is 28.2 Å². The van der Waals surface area contributed by atoms with Crippen LogP contribution < -0.4 is 0 Å². The highest BCUT2D eigenvalue weighted by Gasteiger charge is 2.51. The van der Waals surface area contributed by atoms with Crippen molar-refractivity contribution in [2.75, 3.05) is 41.4 Å². The van der Waals surface area contributed by atoms with E-state index in [0.29, 0.717) is 10.3 Å². The van der Waals surface area contributed by atoms with Crippen molar-refractivity contribution < 1.29 is 50.3 Å². The number of fused-ring (bicyclic) bond motifs is 2. The maximum atomic E-state index is 10.0. The molecule has 16 heteroatoms. The second-order valence-corrected chi connectivity index (χ2v) is 11.4. The third-order valence-electron chi connectivity index (χ3n) is 6.07. The van der Waals surface area contributed by atoms with Gasteiger partial charge < -0.3 is 60.1 Å². The van der Waals surface area contributed by atoms with Gasteiger partial charge in [-0.15, -0.1) is 0 Å². The number of rotatable bonds is 4. The summed E-state index contributed by atoms with van der Waals surface area (Å²) in [6.07, 6.45) is -9.21. The third kappa shape index (κ3) is 6.10. The van der Waals surface area contributed by atoms with Crippen LogP contribution in [-0.4, -0.2) is 174 Å². The summed E-state index contributed by atoms with van der Waals surface area (Å²) in [5.41, 5.74) is -0.904. The fourth-order valence-corrected chi connectivity index (χ4v) is 6.32. The maximum absolute atomic E-state index is 10.0. The number of aliphatic imine (C=N–C) groups is 2. The lowest BCUT2D eigenvalue weighted by molar-refractivity contribution is -0.190. The van der Waals surface area contributed by atoms with Crippen molar-refractivity contribution in [1.29, 1.82) is 0 Å². The number of ether oxygens (including phenoxy) is 2. The van der Waals surface area contributed by atoms with E-state index in [0.717, 1.165) is 0 Å². The van der Waals surface area contributed by atoms with Gasteiger partial charge in [0.1, 0.15) is 71.8 Å². The molecule has 14 nitrogen and oxygen atoms in total. The number of hydrogen-bond acceptors (Lipinski definition) is 16. The highest BCUT2D eigenvalue weighted by atomic mass is 32.2. The van der Waals surface area contributed by atoms with Crippen LogP contribution in [0.3, 0.4) is 0 Å². The summed E-state index contributed by atoms with van der Waals surface area (Å²) in [5, 5.41) is 78.1. The first-order valence-corrected chi connectivity index (χ1v) is 13.1. The van der Waals surface area contributed by atoms with Crippen LogP contribution in [0.15, 0.2) is 9.98 Å². The summed E-state index contributed by atoms with van der Waals surface area (Å²) >= 11 is 2.66. The molecule has 0 unspecified atom stereocenters. The molecule has 0 aromatic heterocycles. The van der Waals surface area contributed by atoms with Gasteiger partial charge in [-0.2, -0.15) is 0 Å². The molecule has 0 aliphatic carbocycles. The Labute approximate surface area is 217 Å². The first-order valence-electron chi connectivity index (χ1n) is 11.4. The highest BCUT2D eigenvalue weighted by molar-refractivity contribution is 8.14. The molecular weight excluding hydrogens is 520 g/mol. The number of aliphatic hydroxyl groups excluding tert-OH is 8. The van der Waals surface area contributed by atoms with Crippen LogP contribution in [0.1, 0.15) is 0 Å². The van der Waals surface area contributed by atoms with E-state index < -0.39 is 85.0 Å². The highest BCUT2D eigenvalue weighted by Crippen LogP contribution is 2.38. The summed E-state index contributed by atoms with van der Waals surface area (Å²) in [6.45, 7) is -1.06. The minimum atomic E-state index is -1.26. The third-order valence-corrected chi connectivity index (χ3v) is 8.68. The summed E-state index contributed by atoms with van der Waals surface area (Å²) in [4.78, 5) is 12.2. The zero-order valence-electron chi connectivity index (χ0n) is 20.3. The molecule has 4 aliphatic heterocycles. The van der Waals surface area contributed by atoms with Crippen LogP contribution in [0.2, 0.25) is 0 Å². The monoisotopic (exact) mass is 556 g/mol. The van der Waals surface area contributed by atoms with E-state index in [4.69, 9.17) is 19.7 Å². The molecule has 0 aromatic rings. The predicted octanol–water partition coefficient (Wildman–Crippen LogP) is -4.36. The van der Waals surface area contributed by atoms with Gasteiger partial charge >= 0.3 is 0 Å². The second kappa shape index (κ2) is 12.4. The molecule has 0 bridgehead atoms. The van der Waals surface area contributed by atoms with Crippen molar-refractivity contribution >= 4 is 33.9 Å². The van der Waals surface area contributed by atoms with Gasteiger partial charge in [0, 0.05) is 28.2 Å². The molecule has 12 atom stereocenters. The Balaban J connectivity index is 0.000000201. The number of thioether (sulfide) groups is 2. The van der Waals surface area contributed by atoms with Gasteiger partial charge in [-0.05, 0) is 0 Å². The summed E-state index contributed by atoms with van der Waals surface area (Å²) in [7, 11) is 7.30. The first-order chi connectivity index (χ1) is 16.9. The zero-order valence-corrected chi connectivity index (χ0v) is 22.0. The molecule has 0 radical (unpaired) electrons. The van der Waals surface area contributed by atoms with E-state index in [-0.39, 0.29) is 0 Å². The summed E-state index contributed by atoms with van der Waals surface area (Å²) in [6, 6.07) is -1.10. The molecule has 0 saturated carbocycles. The second-order valence-electron chi connectivity index (χ2n) is 9.23. The van der Waals surface area contributed by atoms with Crippen molar-refractivity contribution in [3.63, 3.8) is 0 Å². The Morgan fingerprint density at radius 3 is 1.31 bits per heavy atom. The molecule has 4 rings (SSSR count). The van der Waals surface area contributed by atoms with Crippen molar-refractivity contribution in [2.45, 2.75) is 71.8 Å². The number of hydrogen-bond donors (Lipinski definition) is 8. The van der Waals surface area contributed by atoms with Crippen LogP contribution in [-0.2, 0) is 9.47 Å². The van der Waals surface area contributed by atoms with Crippen LogP contribution >= 0.6 is 23.5 Å². The van der Waals surface area contributed by atoms with Gasteiger partial charge in [-0.3, -0.25) is 9.98 Å². The smallest absolute Gasteiger partial charge is 0.161 e. The predicted molar refractivity (Wildman–Crippen MR) is 133 cm³/mol. The minimum absolute atomic E-state index is 0.452. The fraction of sp³-hybridized carbons (Fsp3) is 0.900. The molecule has 8 N–H and O–H groups in total. The van der Waals surface area contributed by atoms with E-state index in [1.165, 1.54) is 23.5 Å². The first kappa shape index (κ1) is 29.8. The van der Waals surface area contributed by atoms with E-state index in [2.05, 4.69) is 9.98 Å². The Bertz CT molecular complexity index is 744. The minimum Gasteiger partial charge on any atom is -0.394 e. The molecule has 0 amide bonds. The zero-order chi connectivity index (χ0) is 26.9. The van der Waals surface area contributed by atoms with E-state index >= 15 is 0 Å². The molecule has 0 spiro atoms. The normalized spacial score (nSPS) is 41.2. The van der Waals surface area contributed by atoms with Crippen molar-refractivity contribution in [1.82, 2.24) is 9.80 Å².